The summed E-state index contributed by atoms with van der Waals surface area (Å²) >= 11 is 0. The van der Waals surface area contributed by atoms with E-state index >= 15 is 0 Å². The molecule has 1 rings (SSSR count). The van der Waals surface area contributed by atoms with E-state index in [1.54, 1.807) is 6.92 Å². The summed E-state index contributed by atoms with van der Waals surface area (Å²) in [5.74, 6) is 0.867. The smallest absolute Gasteiger partial charge is 0.219 e. The van der Waals surface area contributed by atoms with E-state index in [4.69, 9.17) is 0 Å². The number of rotatable bonds is 6. The maximum atomic E-state index is 11.4. The van der Waals surface area contributed by atoms with Gasteiger partial charge in [0.25, 0.3) is 0 Å². The van der Waals surface area contributed by atoms with E-state index in [2.05, 4.69) is 31.2 Å². The number of carbonyl (C=O) groups is 1. The minimum atomic E-state index is 0.187. The molecule has 1 aliphatic rings. The van der Waals surface area contributed by atoms with Gasteiger partial charge in [0.15, 0.2) is 0 Å². The molecular formula is C15H25NO. The molecule has 2 nitrogen and oxygen atoms in total. The third-order valence-corrected chi connectivity index (χ3v) is 3.27. The van der Waals surface area contributed by atoms with Gasteiger partial charge in [-0.3, -0.25) is 4.79 Å². The predicted octanol–water partition coefficient (Wildman–Crippen LogP) is 3.55. The zero-order valence-corrected chi connectivity index (χ0v) is 11.2. The Morgan fingerprint density at radius 1 is 1.47 bits per heavy atom. The number of nitrogens with zero attached hydrogens (tertiary/aromatic N) is 1. The van der Waals surface area contributed by atoms with Crippen molar-refractivity contribution in [3.05, 3.63) is 24.3 Å². The van der Waals surface area contributed by atoms with Crippen LogP contribution in [0, 0.1) is 5.92 Å². The maximum Gasteiger partial charge on any atom is 0.219 e. The Morgan fingerprint density at radius 2 is 2.29 bits per heavy atom. The summed E-state index contributed by atoms with van der Waals surface area (Å²) in [7, 11) is 0. The number of amides is 1. The van der Waals surface area contributed by atoms with Gasteiger partial charge in [0.05, 0.1) is 0 Å². The fraction of sp³-hybridized carbons (Fsp3) is 0.667. The molecule has 0 heterocycles. The standard InChI is InChI=1S/C15H25NO/c1-3-4-12-16(14(2)17)13-8-11-15-9-6-5-7-10-15/h5-6,8,11,15H,3-4,7,9-10,12-13H2,1-2H3/b11-8-. The van der Waals surface area contributed by atoms with E-state index in [1.165, 1.54) is 12.8 Å². The number of unbranched alkanes of at least 4 members (excludes halogenated alkanes) is 1. The van der Waals surface area contributed by atoms with Crippen LogP contribution in [-0.4, -0.2) is 23.9 Å². The SMILES string of the molecule is CCCCN(C/C=C\C1CC=CCC1)C(C)=O. The monoisotopic (exact) mass is 235 g/mol. The maximum absolute atomic E-state index is 11.4. The van der Waals surface area contributed by atoms with E-state index in [-0.39, 0.29) is 5.91 Å². The second kappa shape index (κ2) is 8.10. The van der Waals surface area contributed by atoms with Crippen molar-refractivity contribution in [2.45, 2.75) is 46.0 Å². The number of hydrogen-bond donors (Lipinski definition) is 0. The molecule has 1 amide bonds. The molecule has 0 aromatic carbocycles. The fourth-order valence-corrected chi connectivity index (χ4v) is 2.10. The molecule has 0 N–H and O–H groups in total. The van der Waals surface area contributed by atoms with E-state index in [0.717, 1.165) is 32.4 Å². The van der Waals surface area contributed by atoms with Crippen LogP contribution in [-0.2, 0) is 4.79 Å². The Balaban J connectivity index is 2.31. The lowest BCUT2D eigenvalue weighted by Crippen LogP contribution is -2.29. The van der Waals surface area contributed by atoms with Gasteiger partial charge < -0.3 is 4.90 Å². The molecule has 0 bridgehead atoms. The quantitative estimate of drug-likeness (QED) is 0.645. The first-order chi connectivity index (χ1) is 8.24. The molecule has 0 radical (unpaired) electrons. The summed E-state index contributed by atoms with van der Waals surface area (Å²) in [6, 6.07) is 0. The van der Waals surface area contributed by atoms with Crippen molar-refractivity contribution in [3.8, 4) is 0 Å². The molecule has 0 saturated heterocycles. The molecule has 1 aliphatic carbocycles. The van der Waals surface area contributed by atoms with Crippen molar-refractivity contribution >= 4 is 5.91 Å². The highest BCUT2D eigenvalue weighted by Crippen LogP contribution is 2.19. The average Bonchev–Trinajstić information content (AvgIpc) is 2.34. The van der Waals surface area contributed by atoms with E-state index < -0.39 is 0 Å². The summed E-state index contributed by atoms with van der Waals surface area (Å²) in [6.45, 7) is 5.48. The van der Waals surface area contributed by atoms with E-state index in [1.807, 2.05) is 4.90 Å². The Hall–Kier alpha value is -1.05. The van der Waals surface area contributed by atoms with Crippen LogP contribution in [0.25, 0.3) is 0 Å². The van der Waals surface area contributed by atoms with Crippen LogP contribution in [0.2, 0.25) is 0 Å². The summed E-state index contributed by atoms with van der Waals surface area (Å²) in [6.07, 6.45) is 14.8. The molecule has 0 fully saturated rings. The van der Waals surface area contributed by atoms with Crippen LogP contribution in [0.1, 0.15) is 46.0 Å². The molecule has 1 unspecified atom stereocenters. The van der Waals surface area contributed by atoms with Gasteiger partial charge in [-0.1, -0.05) is 37.6 Å². The highest BCUT2D eigenvalue weighted by Gasteiger charge is 2.07. The topological polar surface area (TPSA) is 20.3 Å². The van der Waals surface area contributed by atoms with Crippen molar-refractivity contribution in [1.29, 1.82) is 0 Å². The molecular weight excluding hydrogens is 210 g/mol. The zero-order chi connectivity index (χ0) is 12.5. The molecule has 1 atom stereocenters. The predicted molar refractivity (Wildman–Crippen MR) is 72.8 cm³/mol. The first kappa shape index (κ1) is 14.0. The molecule has 0 saturated carbocycles. The molecule has 0 spiro atoms. The van der Waals surface area contributed by atoms with Crippen LogP contribution in [0.4, 0.5) is 0 Å². The third-order valence-electron chi connectivity index (χ3n) is 3.27. The van der Waals surface area contributed by atoms with Gasteiger partial charge in [-0.05, 0) is 31.6 Å². The Morgan fingerprint density at radius 3 is 2.88 bits per heavy atom. The van der Waals surface area contributed by atoms with Gasteiger partial charge in [0, 0.05) is 20.0 Å². The van der Waals surface area contributed by atoms with E-state index in [9.17, 15) is 4.79 Å². The van der Waals surface area contributed by atoms with Crippen molar-refractivity contribution in [1.82, 2.24) is 4.90 Å². The van der Waals surface area contributed by atoms with Gasteiger partial charge >= 0.3 is 0 Å². The first-order valence-electron chi connectivity index (χ1n) is 6.81. The largest absolute Gasteiger partial charge is 0.339 e. The first-order valence-corrected chi connectivity index (χ1v) is 6.81. The van der Waals surface area contributed by atoms with Crippen LogP contribution < -0.4 is 0 Å². The van der Waals surface area contributed by atoms with Gasteiger partial charge in [-0.25, -0.2) is 0 Å². The van der Waals surface area contributed by atoms with E-state index in [0.29, 0.717) is 5.92 Å². The minimum absolute atomic E-state index is 0.187. The van der Waals surface area contributed by atoms with Crippen LogP contribution in [0.15, 0.2) is 24.3 Å². The Bertz CT molecular complexity index is 281. The lowest BCUT2D eigenvalue weighted by Gasteiger charge is -2.19. The molecule has 17 heavy (non-hydrogen) atoms. The minimum Gasteiger partial charge on any atom is -0.339 e. The second-order valence-electron chi connectivity index (χ2n) is 4.79. The van der Waals surface area contributed by atoms with Crippen molar-refractivity contribution in [2.75, 3.05) is 13.1 Å². The average molecular weight is 235 g/mol. The van der Waals surface area contributed by atoms with Gasteiger partial charge in [-0.15, -0.1) is 0 Å². The van der Waals surface area contributed by atoms with Gasteiger partial charge in [0.1, 0.15) is 0 Å². The highest BCUT2D eigenvalue weighted by atomic mass is 16.2. The van der Waals surface area contributed by atoms with Crippen LogP contribution >= 0.6 is 0 Å². The molecule has 0 aromatic heterocycles. The molecule has 2 heteroatoms. The summed E-state index contributed by atoms with van der Waals surface area (Å²) < 4.78 is 0. The molecule has 96 valence electrons. The van der Waals surface area contributed by atoms with Gasteiger partial charge in [0.2, 0.25) is 5.91 Å². The summed E-state index contributed by atoms with van der Waals surface area (Å²) in [5, 5.41) is 0. The highest BCUT2D eigenvalue weighted by molar-refractivity contribution is 5.73. The lowest BCUT2D eigenvalue weighted by atomic mass is 9.94. The fourth-order valence-electron chi connectivity index (χ4n) is 2.10. The Kier molecular flexibility index (Phi) is 6.68. The normalized spacial score (nSPS) is 19.8. The van der Waals surface area contributed by atoms with Crippen molar-refractivity contribution in [2.24, 2.45) is 5.92 Å². The number of allylic oxidation sites excluding steroid dienone is 3. The number of hydrogen-bond acceptors (Lipinski definition) is 1. The van der Waals surface area contributed by atoms with Crippen molar-refractivity contribution < 1.29 is 4.79 Å². The van der Waals surface area contributed by atoms with Gasteiger partial charge in [-0.2, -0.15) is 0 Å². The Labute approximate surface area is 105 Å². The zero-order valence-electron chi connectivity index (χ0n) is 11.2. The third kappa shape index (κ3) is 5.71. The number of carbonyl (C=O) groups excluding carboxylic acids is 1. The summed E-state index contributed by atoms with van der Waals surface area (Å²) in [5.41, 5.74) is 0. The summed E-state index contributed by atoms with van der Waals surface area (Å²) in [4.78, 5) is 13.3. The second-order valence-corrected chi connectivity index (χ2v) is 4.79. The lowest BCUT2D eigenvalue weighted by molar-refractivity contribution is -0.128. The van der Waals surface area contributed by atoms with Crippen LogP contribution in [0.5, 0.6) is 0 Å². The molecule has 0 aromatic rings. The molecule has 0 aliphatic heterocycles. The van der Waals surface area contributed by atoms with Crippen LogP contribution in [0.3, 0.4) is 0 Å². The van der Waals surface area contributed by atoms with Crippen molar-refractivity contribution in [3.63, 3.8) is 0 Å².